The van der Waals surface area contributed by atoms with Crippen LogP contribution in [0.2, 0.25) is 0 Å². The van der Waals surface area contributed by atoms with E-state index in [4.69, 9.17) is 4.74 Å². The molecule has 0 saturated heterocycles. The van der Waals surface area contributed by atoms with Crippen molar-refractivity contribution in [3.8, 4) is 0 Å². The summed E-state index contributed by atoms with van der Waals surface area (Å²) in [7, 11) is 0. The highest BCUT2D eigenvalue weighted by molar-refractivity contribution is 5.06. The maximum Gasteiger partial charge on any atom is 0.0598 e. The fraction of sp³-hybridized carbons (Fsp3) is 0.929. The van der Waals surface area contributed by atoms with Gasteiger partial charge in [0, 0.05) is 0 Å². The third-order valence-corrected chi connectivity index (χ3v) is 3.93. The highest BCUT2D eigenvalue weighted by Gasteiger charge is 2.37. The van der Waals surface area contributed by atoms with E-state index in [1.165, 1.54) is 38.5 Å². The molecule has 0 spiro atoms. The Morgan fingerprint density at radius 2 is 1.87 bits per heavy atom. The van der Waals surface area contributed by atoms with Crippen molar-refractivity contribution in [2.24, 2.45) is 11.8 Å². The van der Waals surface area contributed by atoms with Gasteiger partial charge in [-0.05, 0) is 51.4 Å². The van der Waals surface area contributed by atoms with Gasteiger partial charge in [-0.15, -0.1) is 0 Å². The molecular formula is C14H25O. The van der Waals surface area contributed by atoms with Crippen LogP contribution in [0.15, 0.2) is 0 Å². The minimum Gasteiger partial charge on any atom is -0.376 e. The van der Waals surface area contributed by atoms with Crippen molar-refractivity contribution in [3.05, 3.63) is 5.92 Å². The van der Waals surface area contributed by atoms with E-state index in [0.717, 1.165) is 18.4 Å². The third kappa shape index (κ3) is 2.96. The Labute approximate surface area is 94.6 Å². The molecule has 2 saturated carbocycles. The fourth-order valence-corrected chi connectivity index (χ4v) is 2.52. The number of ether oxygens (including phenoxy) is 1. The van der Waals surface area contributed by atoms with Gasteiger partial charge in [0.25, 0.3) is 0 Å². The Kier molecular flexibility index (Phi) is 3.39. The average Bonchev–Trinajstić information content (AvgIpc) is 1.91. The third-order valence-electron chi connectivity index (χ3n) is 3.93. The van der Waals surface area contributed by atoms with Gasteiger partial charge in [0.05, 0.1) is 12.2 Å². The lowest BCUT2D eigenvalue weighted by Gasteiger charge is -2.43. The molecule has 1 heteroatoms. The maximum atomic E-state index is 5.98. The zero-order valence-corrected chi connectivity index (χ0v) is 10.5. The summed E-state index contributed by atoms with van der Waals surface area (Å²) in [6, 6.07) is 0. The van der Waals surface area contributed by atoms with E-state index in [-0.39, 0.29) is 5.60 Å². The first-order valence-corrected chi connectivity index (χ1v) is 6.55. The Bertz CT molecular complexity index is 182. The Morgan fingerprint density at radius 3 is 2.20 bits per heavy atom. The highest BCUT2D eigenvalue weighted by atomic mass is 16.5. The molecule has 0 N–H and O–H groups in total. The van der Waals surface area contributed by atoms with Crippen molar-refractivity contribution >= 4 is 0 Å². The van der Waals surface area contributed by atoms with Crippen LogP contribution < -0.4 is 0 Å². The lowest BCUT2D eigenvalue weighted by Crippen LogP contribution is -2.36. The van der Waals surface area contributed by atoms with Crippen molar-refractivity contribution in [2.75, 3.05) is 6.61 Å². The molecule has 2 rings (SSSR count). The Morgan fingerprint density at radius 1 is 1.20 bits per heavy atom. The van der Waals surface area contributed by atoms with Crippen molar-refractivity contribution in [2.45, 2.75) is 64.9 Å². The predicted octanol–water partition coefficient (Wildman–Crippen LogP) is 3.98. The van der Waals surface area contributed by atoms with E-state index < -0.39 is 0 Å². The molecule has 0 aromatic carbocycles. The Balaban J connectivity index is 1.81. The molecule has 0 amide bonds. The number of hydrogen-bond acceptors (Lipinski definition) is 1. The minimum atomic E-state index is 0.0340. The van der Waals surface area contributed by atoms with Gasteiger partial charge in [0.2, 0.25) is 0 Å². The van der Waals surface area contributed by atoms with Crippen LogP contribution in [0, 0.1) is 17.8 Å². The highest BCUT2D eigenvalue weighted by Crippen LogP contribution is 2.46. The van der Waals surface area contributed by atoms with Gasteiger partial charge in [-0.1, -0.05) is 25.7 Å². The second kappa shape index (κ2) is 4.45. The molecule has 2 fully saturated rings. The smallest absolute Gasteiger partial charge is 0.0598 e. The SMILES string of the molecule is CC(C)(C)OCC([C]1CCC1)C1CCC1. The number of hydrogen-bond donors (Lipinski definition) is 0. The van der Waals surface area contributed by atoms with Crippen molar-refractivity contribution in [1.82, 2.24) is 0 Å². The maximum absolute atomic E-state index is 5.98. The fourth-order valence-electron chi connectivity index (χ4n) is 2.52. The van der Waals surface area contributed by atoms with Crippen LogP contribution in [-0.4, -0.2) is 12.2 Å². The van der Waals surface area contributed by atoms with Gasteiger partial charge in [-0.2, -0.15) is 0 Å². The lowest BCUT2D eigenvalue weighted by atomic mass is 9.65. The molecule has 0 aromatic rings. The topological polar surface area (TPSA) is 9.23 Å². The molecule has 0 aliphatic heterocycles. The summed E-state index contributed by atoms with van der Waals surface area (Å²) in [5.74, 6) is 3.57. The van der Waals surface area contributed by atoms with Gasteiger partial charge in [-0.3, -0.25) is 0 Å². The molecule has 0 heterocycles. The largest absolute Gasteiger partial charge is 0.376 e. The van der Waals surface area contributed by atoms with Gasteiger partial charge in [0.15, 0.2) is 0 Å². The van der Waals surface area contributed by atoms with Crippen LogP contribution in [0.1, 0.15) is 59.3 Å². The van der Waals surface area contributed by atoms with Crippen molar-refractivity contribution < 1.29 is 4.74 Å². The first-order valence-electron chi connectivity index (χ1n) is 6.55. The molecule has 0 aromatic heterocycles. The van der Waals surface area contributed by atoms with Gasteiger partial charge < -0.3 is 4.74 Å². The first kappa shape index (κ1) is 11.4. The summed E-state index contributed by atoms with van der Waals surface area (Å²) < 4.78 is 5.98. The van der Waals surface area contributed by atoms with Crippen LogP contribution in [-0.2, 0) is 4.74 Å². The summed E-state index contributed by atoms with van der Waals surface area (Å²) in [5, 5.41) is 0. The molecule has 87 valence electrons. The molecule has 2 aliphatic rings. The summed E-state index contributed by atoms with van der Waals surface area (Å²) >= 11 is 0. The molecule has 0 bridgehead atoms. The van der Waals surface area contributed by atoms with Crippen LogP contribution >= 0.6 is 0 Å². The standard InChI is InChI=1S/C14H25O/c1-14(2,3)15-10-13(11-6-4-7-11)12-8-5-9-12/h11,13H,4-10H2,1-3H3. The summed E-state index contributed by atoms with van der Waals surface area (Å²) in [6.07, 6.45) is 8.53. The van der Waals surface area contributed by atoms with E-state index in [2.05, 4.69) is 20.8 Å². The van der Waals surface area contributed by atoms with E-state index in [1.807, 2.05) is 5.92 Å². The van der Waals surface area contributed by atoms with E-state index >= 15 is 0 Å². The molecule has 1 atom stereocenters. The molecule has 15 heavy (non-hydrogen) atoms. The zero-order valence-electron chi connectivity index (χ0n) is 10.5. The molecule has 1 nitrogen and oxygen atoms in total. The van der Waals surface area contributed by atoms with Gasteiger partial charge in [0.1, 0.15) is 0 Å². The monoisotopic (exact) mass is 209 g/mol. The summed E-state index contributed by atoms with van der Waals surface area (Å²) in [4.78, 5) is 0. The molecule has 1 unspecified atom stereocenters. The van der Waals surface area contributed by atoms with Gasteiger partial charge >= 0.3 is 0 Å². The Hall–Kier alpha value is -0.0400. The number of rotatable bonds is 4. The molecule has 1 radical (unpaired) electrons. The van der Waals surface area contributed by atoms with E-state index in [0.29, 0.717) is 0 Å². The lowest BCUT2D eigenvalue weighted by molar-refractivity contribution is -0.0405. The summed E-state index contributed by atoms with van der Waals surface area (Å²) in [5.41, 5.74) is 0.0340. The van der Waals surface area contributed by atoms with Crippen molar-refractivity contribution in [1.29, 1.82) is 0 Å². The van der Waals surface area contributed by atoms with Gasteiger partial charge in [-0.25, -0.2) is 0 Å². The quantitative estimate of drug-likeness (QED) is 0.680. The molecular weight excluding hydrogens is 184 g/mol. The van der Waals surface area contributed by atoms with Crippen LogP contribution in [0.3, 0.4) is 0 Å². The average molecular weight is 209 g/mol. The van der Waals surface area contributed by atoms with E-state index in [1.54, 1.807) is 0 Å². The van der Waals surface area contributed by atoms with Crippen molar-refractivity contribution in [3.63, 3.8) is 0 Å². The predicted molar refractivity (Wildman–Crippen MR) is 63.6 cm³/mol. The second-order valence-corrected chi connectivity index (χ2v) is 6.23. The summed E-state index contributed by atoms with van der Waals surface area (Å²) in [6.45, 7) is 7.46. The van der Waals surface area contributed by atoms with E-state index in [9.17, 15) is 0 Å². The zero-order chi connectivity index (χ0) is 10.9. The first-order chi connectivity index (χ1) is 7.06. The normalized spacial score (nSPS) is 24.0. The molecule has 2 aliphatic carbocycles. The second-order valence-electron chi connectivity index (χ2n) is 6.23. The minimum absolute atomic E-state index is 0.0340. The van der Waals surface area contributed by atoms with Crippen LogP contribution in [0.5, 0.6) is 0 Å². The van der Waals surface area contributed by atoms with Crippen LogP contribution in [0.4, 0.5) is 0 Å². The van der Waals surface area contributed by atoms with Crippen LogP contribution in [0.25, 0.3) is 0 Å².